The summed E-state index contributed by atoms with van der Waals surface area (Å²) < 4.78 is 21.3. The molecule has 0 amide bonds. The number of hydrogen-bond acceptors (Lipinski definition) is 6. The average molecular weight is 276 g/mol. The molecule has 1 aromatic heterocycles. The number of nitrogens with zero attached hydrogens (tertiary/aromatic N) is 1. The van der Waals surface area contributed by atoms with Gasteiger partial charge >= 0.3 is 0 Å². The van der Waals surface area contributed by atoms with Crippen LogP contribution in [-0.4, -0.2) is 33.0 Å². The Bertz CT molecular complexity index is 611. The Labute approximate surface area is 116 Å². The lowest BCUT2D eigenvalue weighted by molar-refractivity contribution is 0.324. The summed E-state index contributed by atoms with van der Waals surface area (Å²) in [5.74, 6) is 2.51. The highest BCUT2D eigenvalue weighted by Gasteiger charge is 2.24. The molecule has 3 rings (SSSR count). The van der Waals surface area contributed by atoms with Crippen LogP contribution in [0.15, 0.2) is 16.7 Å². The van der Waals surface area contributed by atoms with Crippen molar-refractivity contribution >= 4 is 5.88 Å². The van der Waals surface area contributed by atoms with Gasteiger partial charge in [0.25, 0.3) is 0 Å². The van der Waals surface area contributed by atoms with Gasteiger partial charge in [-0.05, 0) is 18.6 Å². The first-order valence-corrected chi connectivity index (χ1v) is 6.31. The molecule has 6 heteroatoms. The Morgan fingerprint density at radius 2 is 1.80 bits per heavy atom. The summed E-state index contributed by atoms with van der Waals surface area (Å²) in [4.78, 5) is 0. The molecule has 0 radical (unpaired) electrons. The highest BCUT2D eigenvalue weighted by molar-refractivity contribution is 5.74. The molecule has 0 fully saturated rings. The third-order valence-electron chi connectivity index (χ3n) is 3.39. The van der Waals surface area contributed by atoms with E-state index in [4.69, 9.17) is 18.7 Å². The molecule has 2 heterocycles. The van der Waals surface area contributed by atoms with Crippen LogP contribution in [0.5, 0.6) is 17.2 Å². The number of ether oxygens (including phenoxy) is 3. The lowest BCUT2D eigenvalue weighted by Crippen LogP contribution is -1.96. The third kappa shape index (κ3) is 1.84. The van der Waals surface area contributed by atoms with Crippen LogP contribution in [0.2, 0.25) is 0 Å². The lowest BCUT2D eigenvalue weighted by Gasteiger charge is -2.13. The molecular formula is C14H16N2O4. The summed E-state index contributed by atoms with van der Waals surface area (Å²) in [5, 5.41) is 7.28. The molecule has 0 atom stereocenters. The summed E-state index contributed by atoms with van der Waals surface area (Å²) in [5.41, 5.74) is 2.77. The van der Waals surface area contributed by atoms with Gasteiger partial charge in [-0.1, -0.05) is 5.16 Å². The second kappa shape index (κ2) is 4.96. The number of anilines is 1. The zero-order valence-electron chi connectivity index (χ0n) is 11.6. The monoisotopic (exact) mass is 276 g/mol. The minimum Gasteiger partial charge on any atom is -0.493 e. The molecule has 106 valence electrons. The van der Waals surface area contributed by atoms with Gasteiger partial charge in [-0.25, -0.2) is 0 Å². The summed E-state index contributed by atoms with van der Waals surface area (Å²) in [7, 11) is 4.77. The van der Waals surface area contributed by atoms with Gasteiger partial charge in [0.2, 0.25) is 11.6 Å². The second-order valence-electron chi connectivity index (χ2n) is 4.43. The van der Waals surface area contributed by atoms with Crippen molar-refractivity contribution < 1.29 is 18.7 Å². The highest BCUT2D eigenvalue weighted by atomic mass is 16.5. The summed E-state index contributed by atoms with van der Waals surface area (Å²) in [6, 6.07) is 3.75. The highest BCUT2D eigenvalue weighted by Crippen LogP contribution is 2.42. The van der Waals surface area contributed by atoms with Gasteiger partial charge in [-0.15, -0.1) is 0 Å². The van der Waals surface area contributed by atoms with Crippen LogP contribution in [0.1, 0.15) is 5.56 Å². The van der Waals surface area contributed by atoms with Crippen LogP contribution in [0.3, 0.4) is 0 Å². The molecule has 0 bridgehead atoms. The number of aromatic nitrogens is 1. The number of fused-ring (bicyclic) bond motifs is 1. The fourth-order valence-electron chi connectivity index (χ4n) is 2.43. The smallest absolute Gasteiger partial charge is 0.228 e. The first kappa shape index (κ1) is 12.7. The van der Waals surface area contributed by atoms with Crippen molar-refractivity contribution in [2.45, 2.75) is 6.42 Å². The van der Waals surface area contributed by atoms with Gasteiger partial charge in [-0.2, -0.15) is 0 Å². The molecule has 0 saturated heterocycles. The average Bonchev–Trinajstić information content (AvgIpc) is 3.08. The quantitative estimate of drug-likeness (QED) is 0.924. The molecule has 1 aliphatic rings. The maximum atomic E-state index is 5.36. The first-order chi connectivity index (χ1) is 9.78. The molecule has 1 aromatic carbocycles. The van der Waals surface area contributed by atoms with E-state index >= 15 is 0 Å². The Morgan fingerprint density at radius 1 is 1.10 bits per heavy atom. The molecule has 0 unspecified atom stereocenters. The fourth-order valence-corrected chi connectivity index (χ4v) is 2.43. The zero-order chi connectivity index (χ0) is 14.1. The Hall–Kier alpha value is -2.37. The van der Waals surface area contributed by atoms with E-state index in [1.165, 1.54) is 0 Å². The molecular weight excluding hydrogens is 260 g/mol. The minimum atomic E-state index is 0.567. The number of methoxy groups -OCH3 is 3. The molecule has 1 N–H and O–H groups in total. The Morgan fingerprint density at radius 3 is 2.40 bits per heavy atom. The van der Waals surface area contributed by atoms with Crippen molar-refractivity contribution in [3.05, 3.63) is 17.7 Å². The van der Waals surface area contributed by atoms with E-state index in [-0.39, 0.29) is 0 Å². The molecule has 2 aromatic rings. The van der Waals surface area contributed by atoms with Gasteiger partial charge in [0, 0.05) is 17.7 Å². The van der Waals surface area contributed by atoms with Crippen molar-refractivity contribution in [1.29, 1.82) is 0 Å². The lowest BCUT2D eigenvalue weighted by atomic mass is 10.1. The number of benzene rings is 1. The van der Waals surface area contributed by atoms with Crippen LogP contribution in [0.4, 0.5) is 5.88 Å². The van der Waals surface area contributed by atoms with Crippen molar-refractivity contribution in [2.24, 2.45) is 0 Å². The van der Waals surface area contributed by atoms with Gasteiger partial charge in [0.15, 0.2) is 11.5 Å². The molecule has 0 saturated carbocycles. The normalized spacial score (nSPS) is 12.8. The van der Waals surface area contributed by atoms with E-state index in [1.807, 2.05) is 12.1 Å². The Kier molecular flexibility index (Phi) is 3.14. The van der Waals surface area contributed by atoms with Crippen molar-refractivity contribution in [3.8, 4) is 28.5 Å². The topological polar surface area (TPSA) is 65.8 Å². The number of nitrogens with one attached hydrogen (secondary N) is 1. The fraction of sp³-hybridized carbons (Fsp3) is 0.357. The number of rotatable bonds is 4. The van der Waals surface area contributed by atoms with E-state index in [1.54, 1.807) is 21.3 Å². The van der Waals surface area contributed by atoms with Crippen LogP contribution < -0.4 is 19.5 Å². The van der Waals surface area contributed by atoms with E-state index in [0.29, 0.717) is 17.2 Å². The van der Waals surface area contributed by atoms with Gasteiger partial charge in [-0.3, -0.25) is 0 Å². The van der Waals surface area contributed by atoms with Crippen molar-refractivity contribution in [1.82, 2.24) is 5.16 Å². The molecule has 0 spiro atoms. The predicted molar refractivity (Wildman–Crippen MR) is 73.8 cm³/mol. The van der Waals surface area contributed by atoms with Crippen LogP contribution in [0, 0.1) is 0 Å². The zero-order valence-corrected chi connectivity index (χ0v) is 11.6. The minimum absolute atomic E-state index is 0.567. The van der Waals surface area contributed by atoms with E-state index in [0.717, 1.165) is 35.7 Å². The second-order valence-corrected chi connectivity index (χ2v) is 4.43. The predicted octanol–water partition coefficient (Wildman–Crippen LogP) is 2.34. The van der Waals surface area contributed by atoms with Crippen molar-refractivity contribution in [3.63, 3.8) is 0 Å². The SMILES string of the molecule is COc1cc(-c2noc3c2CCN3)cc(OC)c1OC. The standard InChI is InChI=1S/C14H16N2O4/c1-17-10-6-8(7-11(18-2)13(10)19-3)12-9-4-5-15-14(9)20-16-12/h6-7,15H,4-5H2,1-3H3. The van der Waals surface area contributed by atoms with Crippen LogP contribution >= 0.6 is 0 Å². The first-order valence-electron chi connectivity index (χ1n) is 6.31. The van der Waals surface area contributed by atoms with Crippen LogP contribution in [0.25, 0.3) is 11.3 Å². The third-order valence-corrected chi connectivity index (χ3v) is 3.39. The molecule has 20 heavy (non-hydrogen) atoms. The van der Waals surface area contributed by atoms with E-state index in [2.05, 4.69) is 10.5 Å². The summed E-state index contributed by atoms with van der Waals surface area (Å²) >= 11 is 0. The maximum absolute atomic E-state index is 5.36. The summed E-state index contributed by atoms with van der Waals surface area (Å²) in [6.07, 6.45) is 0.894. The Balaban J connectivity index is 2.14. The molecule has 0 aliphatic carbocycles. The van der Waals surface area contributed by atoms with E-state index < -0.39 is 0 Å². The van der Waals surface area contributed by atoms with E-state index in [9.17, 15) is 0 Å². The van der Waals surface area contributed by atoms with Gasteiger partial charge in [0.05, 0.1) is 21.3 Å². The van der Waals surface area contributed by atoms with Gasteiger partial charge in [0.1, 0.15) is 5.69 Å². The van der Waals surface area contributed by atoms with Crippen LogP contribution in [-0.2, 0) is 6.42 Å². The molecule has 6 nitrogen and oxygen atoms in total. The van der Waals surface area contributed by atoms with Crippen molar-refractivity contribution in [2.75, 3.05) is 33.2 Å². The summed E-state index contributed by atoms with van der Waals surface area (Å²) in [6.45, 7) is 0.869. The number of hydrogen-bond donors (Lipinski definition) is 1. The van der Waals surface area contributed by atoms with Gasteiger partial charge < -0.3 is 24.1 Å². The molecule has 1 aliphatic heterocycles. The largest absolute Gasteiger partial charge is 0.493 e. The maximum Gasteiger partial charge on any atom is 0.228 e.